The third kappa shape index (κ3) is 4.93. The Kier molecular flexibility index (Phi) is 6.73. The van der Waals surface area contributed by atoms with Crippen molar-refractivity contribution < 1.29 is 19.1 Å². The van der Waals surface area contributed by atoms with Gasteiger partial charge in [0.25, 0.3) is 5.91 Å². The number of benzene rings is 2. The number of nitrogens with zero attached hydrogens (tertiary/aromatic N) is 1. The lowest BCUT2D eigenvalue weighted by molar-refractivity contribution is -0.139. The molecule has 1 aliphatic heterocycles. The Bertz CT molecular complexity index is 827. The van der Waals surface area contributed by atoms with Crippen molar-refractivity contribution in [3.05, 3.63) is 58.6 Å². The highest BCUT2D eigenvalue weighted by Gasteiger charge is 2.28. The van der Waals surface area contributed by atoms with Crippen molar-refractivity contribution >= 4 is 27.8 Å². The van der Waals surface area contributed by atoms with Crippen LogP contribution in [0.3, 0.4) is 0 Å². The number of rotatable bonds is 5. The van der Waals surface area contributed by atoms with Crippen molar-refractivity contribution in [2.45, 2.75) is 45.2 Å². The summed E-state index contributed by atoms with van der Waals surface area (Å²) in [6.07, 6.45) is 3.22. The zero-order valence-electron chi connectivity index (χ0n) is 16.1. The van der Waals surface area contributed by atoms with Gasteiger partial charge in [0, 0.05) is 12.1 Å². The van der Waals surface area contributed by atoms with Crippen molar-refractivity contribution in [2.24, 2.45) is 0 Å². The van der Waals surface area contributed by atoms with Crippen LogP contribution in [0, 0.1) is 0 Å². The van der Waals surface area contributed by atoms with Gasteiger partial charge in [0.15, 0.2) is 6.61 Å². The van der Waals surface area contributed by atoms with Gasteiger partial charge in [-0.3, -0.25) is 4.79 Å². The molecule has 1 saturated heterocycles. The van der Waals surface area contributed by atoms with Crippen LogP contribution in [0.5, 0.6) is 11.5 Å². The lowest BCUT2D eigenvalue weighted by Crippen LogP contribution is -2.49. The lowest BCUT2D eigenvalue weighted by Gasteiger charge is -2.38. The minimum Gasteiger partial charge on any atom is -0.484 e. The molecule has 5 nitrogen and oxygen atoms in total. The molecule has 0 saturated carbocycles. The molecule has 1 aliphatic rings. The first-order chi connectivity index (χ1) is 13.5. The van der Waals surface area contributed by atoms with Crippen LogP contribution in [0.4, 0.5) is 0 Å². The Morgan fingerprint density at radius 3 is 2.32 bits per heavy atom. The number of para-hydroxylation sites is 1. The van der Waals surface area contributed by atoms with Gasteiger partial charge in [0.1, 0.15) is 11.5 Å². The minimum atomic E-state index is -0.453. The number of carbonyl (C=O) groups is 2. The fraction of sp³-hybridized carbons (Fsp3) is 0.364. The van der Waals surface area contributed by atoms with Gasteiger partial charge in [-0.25, -0.2) is 4.79 Å². The average Bonchev–Trinajstić information content (AvgIpc) is 2.68. The SMILES string of the molecule is CC1CCCC(C)N1C(=O)COc1ccc(C(=O)Oc2ccccc2Br)cc1. The molecule has 2 aromatic carbocycles. The molecule has 0 bridgehead atoms. The Morgan fingerprint density at radius 2 is 1.68 bits per heavy atom. The number of carbonyl (C=O) groups excluding carboxylic acids is 2. The van der Waals surface area contributed by atoms with Gasteiger partial charge in [-0.15, -0.1) is 0 Å². The molecule has 0 aromatic heterocycles. The number of hydrogen-bond acceptors (Lipinski definition) is 4. The first-order valence-corrected chi connectivity index (χ1v) is 10.3. The molecule has 2 unspecified atom stereocenters. The van der Waals surface area contributed by atoms with Crippen molar-refractivity contribution in [3.8, 4) is 11.5 Å². The Morgan fingerprint density at radius 1 is 1.04 bits per heavy atom. The molecule has 1 amide bonds. The van der Waals surface area contributed by atoms with E-state index >= 15 is 0 Å². The maximum Gasteiger partial charge on any atom is 0.343 e. The highest BCUT2D eigenvalue weighted by atomic mass is 79.9. The predicted octanol–water partition coefficient (Wildman–Crippen LogP) is 4.84. The maximum atomic E-state index is 12.5. The third-order valence-electron chi connectivity index (χ3n) is 4.97. The molecule has 1 heterocycles. The fourth-order valence-electron chi connectivity index (χ4n) is 3.51. The van der Waals surface area contributed by atoms with E-state index in [9.17, 15) is 9.59 Å². The average molecular weight is 446 g/mol. The van der Waals surface area contributed by atoms with Gasteiger partial charge in [-0.2, -0.15) is 0 Å². The summed E-state index contributed by atoms with van der Waals surface area (Å²) in [4.78, 5) is 26.7. The van der Waals surface area contributed by atoms with Crippen LogP contribution in [0.15, 0.2) is 53.0 Å². The fourth-order valence-corrected chi connectivity index (χ4v) is 3.87. The summed E-state index contributed by atoms with van der Waals surface area (Å²) < 4.78 is 11.7. The Balaban J connectivity index is 1.56. The first kappa shape index (κ1) is 20.4. The van der Waals surface area contributed by atoms with E-state index < -0.39 is 5.97 Å². The number of piperidine rings is 1. The standard InChI is InChI=1S/C22H24BrNO4/c1-15-6-5-7-16(2)24(15)21(25)14-27-18-12-10-17(11-13-18)22(26)28-20-9-4-3-8-19(20)23/h3-4,8-13,15-16H,5-7,14H2,1-2H3. The summed E-state index contributed by atoms with van der Waals surface area (Å²) in [6, 6.07) is 14.3. The Hall–Kier alpha value is -2.34. The van der Waals surface area contributed by atoms with Crippen LogP contribution in [0.25, 0.3) is 0 Å². The Labute approximate surface area is 173 Å². The van der Waals surface area contributed by atoms with Crippen molar-refractivity contribution in [1.82, 2.24) is 4.90 Å². The lowest BCUT2D eigenvalue weighted by atomic mass is 9.97. The van der Waals surface area contributed by atoms with Crippen LogP contribution in [0.1, 0.15) is 43.5 Å². The second-order valence-electron chi connectivity index (χ2n) is 7.06. The summed E-state index contributed by atoms with van der Waals surface area (Å²) in [7, 11) is 0. The normalized spacial score (nSPS) is 19.2. The van der Waals surface area contributed by atoms with E-state index in [2.05, 4.69) is 29.8 Å². The number of halogens is 1. The van der Waals surface area contributed by atoms with Gasteiger partial charge in [-0.05, 0) is 85.4 Å². The van der Waals surface area contributed by atoms with Crippen molar-refractivity contribution in [1.29, 1.82) is 0 Å². The van der Waals surface area contributed by atoms with E-state index in [1.807, 2.05) is 11.0 Å². The van der Waals surface area contributed by atoms with E-state index in [4.69, 9.17) is 9.47 Å². The largest absolute Gasteiger partial charge is 0.484 e. The van der Waals surface area contributed by atoms with Crippen LogP contribution < -0.4 is 9.47 Å². The predicted molar refractivity (Wildman–Crippen MR) is 111 cm³/mol. The first-order valence-electron chi connectivity index (χ1n) is 9.46. The molecule has 3 rings (SSSR count). The van der Waals surface area contributed by atoms with Crippen LogP contribution in [-0.4, -0.2) is 35.5 Å². The highest BCUT2D eigenvalue weighted by Crippen LogP contribution is 2.25. The molecule has 6 heteroatoms. The molecular weight excluding hydrogens is 422 g/mol. The van der Waals surface area contributed by atoms with Crippen LogP contribution in [0.2, 0.25) is 0 Å². The monoisotopic (exact) mass is 445 g/mol. The molecule has 0 aliphatic carbocycles. The van der Waals surface area contributed by atoms with Crippen LogP contribution in [-0.2, 0) is 4.79 Å². The van der Waals surface area contributed by atoms with E-state index in [0.29, 0.717) is 21.5 Å². The molecule has 28 heavy (non-hydrogen) atoms. The van der Waals surface area contributed by atoms with Gasteiger partial charge in [0.2, 0.25) is 0 Å². The van der Waals surface area contributed by atoms with E-state index in [-0.39, 0.29) is 24.6 Å². The number of esters is 1. The summed E-state index contributed by atoms with van der Waals surface area (Å²) in [5.41, 5.74) is 0.410. The summed E-state index contributed by atoms with van der Waals surface area (Å²) >= 11 is 3.35. The molecular formula is C22H24BrNO4. The molecule has 0 N–H and O–H groups in total. The maximum absolute atomic E-state index is 12.5. The molecule has 0 radical (unpaired) electrons. The van der Waals surface area contributed by atoms with E-state index in [0.717, 1.165) is 19.3 Å². The minimum absolute atomic E-state index is 0.00267. The van der Waals surface area contributed by atoms with Crippen LogP contribution >= 0.6 is 15.9 Å². The van der Waals surface area contributed by atoms with Gasteiger partial charge >= 0.3 is 5.97 Å². The third-order valence-corrected chi connectivity index (χ3v) is 5.63. The summed E-state index contributed by atoms with van der Waals surface area (Å²) in [5, 5.41) is 0. The number of ether oxygens (including phenoxy) is 2. The smallest absolute Gasteiger partial charge is 0.343 e. The second kappa shape index (κ2) is 9.24. The topological polar surface area (TPSA) is 55.8 Å². The number of hydrogen-bond donors (Lipinski definition) is 0. The second-order valence-corrected chi connectivity index (χ2v) is 7.92. The van der Waals surface area contributed by atoms with Gasteiger partial charge in [-0.1, -0.05) is 12.1 Å². The molecule has 2 atom stereocenters. The van der Waals surface area contributed by atoms with Gasteiger partial charge < -0.3 is 14.4 Å². The molecule has 2 aromatic rings. The number of amides is 1. The molecule has 0 spiro atoms. The van der Waals surface area contributed by atoms with E-state index in [1.54, 1.807) is 42.5 Å². The zero-order valence-corrected chi connectivity index (χ0v) is 17.6. The molecule has 1 fully saturated rings. The highest BCUT2D eigenvalue weighted by molar-refractivity contribution is 9.10. The van der Waals surface area contributed by atoms with Gasteiger partial charge in [0.05, 0.1) is 10.0 Å². The zero-order chi connectivity index (χ0) is 20.1. The van der Waals surface area contributed by atoms with E-state index in [1.165, 1.54) is 0 Å². The quantitative estimate of drug-likeness (QED) is 0.488. The summed E-state index contributed by atoms with van der Waals surface area (Å²) in [6.45, 7) is 4.16. The summed E-state index contributed by atoms with van der Waals surface area (Å²) in [5.74, 6) is 0.550. The number of likely N-dealkylation sites (tertiary alicyclic amines) is 1. The molecule has 148 valence electrons. The van der Waals surface area contributed by atoms with Crippen molar-refractivity contribution in [3.63, 3.8) is 0 Å². The van der Waals surface area contributed by atoms with Crippen molar-refractivity contribution in [2.75, 3.05) is 6.61 Å².